The lowest BCUT2D eigenvalue weighted by Gasteiger charge is -2.08. The number of esters is 1. The molecule has 4 nitrogen and oxygen atoms in total. The molecule has 0 amide bonds. The molecule has 1 fully saturated rings. The van der Waals surface area contributed by atoms with Crippen LogP contribution in [0.4, 0.5) is 0 Å². The van der Waals surface area contributed by atoms with Gasteiger partial charge in [0, 0.05) is 18.0 Å². The number of rotatable bonds is 17. The van der Waals surface area contributed by atoms with Crippen molar-refractivity contribution in [3.8, 4) is 11.4 Å². The van der Waals surface area contributed by atoms with Gasteiger partial charge in [-0.2, -0.15) is 0 Å². The zero-order valence-electron chi connectivity index (χ0n) is 22.1. The lowest BCUT2D eigenvalue weighted by molar-refractivity contribution is -0.144. The molecule has 1 saturated heterocycles. The van der Waals surface area contributed by atoms with Crippen LogP contribution in [-0.2, 0) is 22.4 Å². The molecule has 1 aromatic carbocycles. The number of aryl methyl sites for hydroxylation is 1. The Bertz CT molecular complexity index is 847. The van der Waals surface area contributed by atoms with Crippen molar-refractivity contribution in [2.75, 3.05) is 0 Å². The zero-order valence-corrected chi connectivity index (χ0v) is 22.1. The highest BCUT2D eigenvalue weighted by Gasteiger charge is 2.33. The zero-order chi connectivity index (χ0) is 24.7. The summed E-state index contributed by atoms with van der Waals surface area (Å²) in [6, 6.07) is 8.36. The normalized spacial score (nSPS) is 17.1. The van der Waals surface area contributed by atoms with E-state index in [0.717, 1.165) is 43.5 Å². The predicted molar refractivity (Wildman–Crippen MR) is 151 cm³/mol. The molecule has 0 bridgehead atoms. The molecule has 0 N–H and O–H groups in total. The molecule has 2 unspecified atom stereocenters. The first kappa shape index (κ1) is 30.0. The van der Waals surface area contributed by atoms with Gasteiger partial charge in [0.1, 0.15) is 6.10 Å². The standard InChI is InChI=1S/C31H46N2O2.CH4/c1-3-5-7-9-10-11-12-13-15-26-23-32-30(33-24-26)27-19-17-25(18-20-27)21-28-22-29(35-31(28)34)16-14-8-6-4-2;/h17-20,23-24,28-29H,3-16,21-22H2,1-2H3;1H4. The first-order chi connectivity index (χ1) is 17.2. The summed E-state index contributed by atoms with van der Waals surface area (Å²) in [7, 11) is 0. The van der Waals surface area contributed by atoms with Gasteiger partial charge in [-0.05, 0) is 49.7 Å². The van der Waals surface area contributed by atoms with Crippen molar-refractivity contribution >= 4 is 5.97 Å². The van der Waals surface area contributed by atoms with Crippen LogP contribution in [0.5, 0.6) is 0 Å². The summed E-state index contributed by atoms with van der Waals surface area (Å²) in [5, 5.41) is 0. The minimum atomic E-state index is -0.0232. The van der Waals surface area contributed by atoms with Crippen LogP contribution in [-0.4, -0.2) is 22.0 Å². The number of cyclic esters (lactones) is 1. The first-order valence-electron chi connectivity index (χ1n) is 14.3. The van der Waals surface area contributed by atoms with Gasteiger partial charge in [0.2, 0.25) is 0 Å². The number of carbonyl (C=O) groups excluding carboxylic acids is 1. The number of hydrogen-bond donors (Lipinski definition) is 0. The fourth-order valence-electron chi connectivity index (χ4n) is 5.03. The lowest BCUT2D eigenvalue weighted by Crippen LogP contribution is -2.10. The van der Waals surface area contributed by atoms with E-state index in [1.807, 2.05) is 12.4 Å². The summed E-state index contributed by atoms with van der Waals surface area (Å²) in [5.74, 6) is 0.734. The summed E-state index contributed by atoms with van der Waals surface area (Å²) in [5.41, 5.74) is 3.42. The molecular formula is C32H50N2O2. The molecule has 0 aliphatic carbocycles. The molecule has 200 valence electrons. The third-order valence-corrected chi connectivity index (χ3v) is 7.26. The summed E-state index contributed by atoms with van der Waals surface area (Å²) in [4.78, 5) is 21.5. The third-order valence-electron chi connectivity index (χ3n) is 7.26. The largest absolute Gasteiger partial charge is 0.462 e. The molecule has 2 aromatic rings. The average molecular weight is 495 g/mol. The van der Waals surface area contributed by atoms with Gasteiger partial charge < -0.3 is 4.74 Å². The molecule has 0 saturated carbocycles. The van der Waals surface area contributed by atoms with E-state index in [-0.39, 0.29) is 25.4 Å². The maximum atomic E-state index is 12.3. The van der Waals surface area contributed by atoms with Gasteiger partial charge in [0.05, 0.1) is 5.92 Å². The van der Waals surface area contributed by atoms with Crippen LogP contribution in [0.1, 0.15) is 122 Å². The van der Waals surface area contributed by atoms with Crippen LogP contribution in [0, 0.1) is 5.92 Å². The van der Waals surface area contributed by atoms with E-state index < -0.39 is 0 Å². The van der Waals surface area contributed by atoms with Crippen LogP contribution in [0.25, 0.3) is 11.4 Å². The average Bonchev–Trinajstić information content (AvgIpc) is 3.23. The summed E-state index contributed by atoms with van der Waals surface area (Å²) < 4.78 is 5.63. The number of hydrogen-bond acceptors (Lipinski definition) is 4. The Morgan fingerprint density at radius 2 is 1.36 bits per heavy atom. The number of carbonyl (C=O) groups is 1. The molecular weight excluding hydrogens is 444 g/mol. The van der Waals surface area contributed by atoms with Crippen molar-refractivity contribution in [3.63, 3.8) is 0 Å². The van der Waals surface area contributed by atoms with Crippen molar-refractivity contribution in [3.05, 3.63) is 47.8 Å². The number of nitrogens with zero attached hydrogens (tertiary/aromatic N) is 2. The number of benzene rings is 1. The smallest absolute Gasteiger partial charge is 0.309 e. The Labute approximate surface area is 220 Å². The predicted octanol–water partition coefficient (Wildman–Crippen LogP) is 8.91. The third kappa shape index (κ3) is 10.4. The highest BCUT2D eigenvalue weighted by molar-refractivity contribution is 5.75. The second-order valence-corrected chi connectivity index (χ2v) is 10.4. The Kier molecular flexibility index (Phi) is 14.4. The second-order valence-electron chi connectivity index (χ2n) is 10.4. The SMILES string of the molecule is C.CCCCCCCCCCc1cnc(-c2ccc(CC3CC(CCCCCC)OC3=O)cc2)nc1. The number of unbranched alkanes of at least 4 members (excludes halogenated alkanes) is 10. The summed E-state index contributed by atoms with van der Waals surface area (Å²) in [6.07, 6.45) is 23.3. The molecule has 2 heterocycles. The Hall–Kier alpha value is -2.23. The maximum Gasteiger partial charge on any atom is 0.309 e. The van der Waals surface area contributed by atoms with Crippen LogP contribution < -0.4 is 0 Å². The van der Waals surface area contributed by atoms with Crippen molar-refractivity contribution in [1.82, 2.24) is 9.97 Å². The van der Waals surface area contributed by atoms with Gasteiger partial charge in [-0.25, -0.2) is 9.97 Å². The van der Waals surface area contributed by atoms with Gasteiger partial charge in [-0.3, -0.25) is 4.79 Å². The van der Waals surface area contributed by atoms with Crippen LogP contribution in [0.2, 0.25) is 0 Å². The van der Waals surface area contributed by atoms with Crippen molar-refractivity contribution in [1.29, 1.82) is 0 Å². The molecule has 0 spiro atoms. The molecule has 4 heteroatoms. The molecule has 3 rings (SSSR count). The highest BCUT2D eigenvalue weighted by atomic mass is 16.5. The van der Waals surface area contributed by atoms with E-state index in [2.05, 4.69) is 48.1 Å². The van der Waals surface area contributed by atoms with Crippen LogP contribution in [0.15, 0.2) is 36.7 Å². The van der Waals surface area contributed by atoms with Crippen molar-refractivity contribution < 1.29 is 9.53 Å². The molecule has 1 aliphatic heterocycles. The fraction of sp³-hybridized carbons (Fsp3) is 0.656. The van der Waals surface area contributed by atoms with E-state index in [1.165, 1.54) is 81.8 Å². The summed E-state index contributed by atoms with van der Waals surface area (Å²) in [6.45, 7) is 4.49. The fourth-order valence-corrected chi connectivity index (χ4v) is 5.03. The first-order valence-corrected chi connectivity index (χ1v) is 14.3. The minimum absolute atomic E-state index is 0. The maximum absolute atomic E-state index is 12.3. The Balaban J connectivity index is 0.00000456. The lowest BCUT2D eigenvalue weighted by atomic mass is 9.94. The van der Waals surface area contributed by atoms with Gasteiger partial charge in [0.25, 0.3) is 0 Å². The van der Waals surface area contributed by atoms with E-state index in [0.29, 0.717) is 0 Å². The van der Waals surface area contributed by atoms with Gasteiger partial charge >= 0.3 is 5.97 Å². The highest BCUT2D eigenvalue weighted by Crippen LogP contribution is 2.28. The van der Waals surface area contributed by atoms with Gasteiger partial charge in [0.15, 0.2) is 5.82 Å². The molecule has 0 radical (unpaired) electrons. The van der Waals surface area contributed by atoms with Crippen LogP contribution in [0.3, 0.4) is 0 Å². The Morgan fingerprint density at radius 1 is 0.778 bits per heavy atom. The monoisotopic (exact) mass is 494 g/mol. The number of aromatic nitrogens is 2. The second kappa shape index (κ2) is 17.3. The molecule has 2 atom stereocenters. The van der Waals surface area contributed by atoms with Gasteiger partial charge in [-0.15, -0.1) is 0 Å². The van der Waals surface area contributed by atoms with E-state index >= 15 is 0 Å². The minimum Gasteiger partial charge on any atom is -0.462 e. The van der Waals surface area contributed by atoms with E-state index in [9.17, 15) is 4.79 Å². The van der Waals surface area contributed by atoms with Crippen molar-refractivity contribution in [2.45, 2.75) is 130 Å². The quantitative estimate of drug-likeness (QED) is 0.163. The molecule has 36 heavy (non-hydrogen) atoms. The summed E-state index contributed by atoms with van der Waals surface area (Å²) >= 11 is 0. The van der Waals surface area contributed by atoms with E-state index in [1.54, 1.807) is 0 Å². The topological polar surface area (TPSA) is 52.1 Å². The van der Waals surface area contributed by atoms with E-state index in [4.69, 9.17) is 4.74 Å². The molecule has 1 aliphatic rings. The molecule has 1 aromatic heterocycles. The van der Waals surface area contributed by atoms with Gasteiger partial charge in [-0.1, -0.05) is 110 Å². The number of ether oxygens (including phenoxy) is 1. The van der Waals surface area contributed by atoms with Crippen molar-refractivity contribution in [2.24, 2.45) is 5.92 Å². The van der Waals surface area contributed by atoms with Crippen LogP contribution >= 0.6 is 0 Å². The Morgan fingerprint density at radius 3 is 2.00 bits per heavy atom.